The van der Waals surface area contributed by atoms with Gasteiger partial charge in [-0.2, -0.15) is 0 Å². The molecule has 41 heavy (non-hydrogen) atoms. The molecule has 4 aromatic rings. The van der Waals surface area contributed by atoms with Crippen molar-refractivity contribution < 1.29 is 27.8 Å². The number of methoxy groups -OCH3 is 1. The van der Waals surface area contributed by atoms with E-state index < -0.39 is 22.7 Å². The Bertz CT molecular complexity index is 1590. The van der Waals surface area contributed by atoms with Crippen LogP contribution in [-0.2, 0) is 31.9 Å². The molecular formula is C33H34F2N2O4. The van der Waals surface area contributed by atoms with E-state index in [-0.39, 0.29) is 12.5 Å². The minimum Gasteiger partial charge on any atom is -0.488 e. The molecule has 0 bridgehead atoms. The standard InChI is InChI=1S/C33H34F2N2O4/c1-32(2)21-41-33(14-16-36(17-15-33)19-28(38)39-3)30-29-26(37(31(30)32)23-12-13-24(34)25(35)18-23)10-7-11-27(29)40-20-22-8-5-4-6-9-22/h4-13,18H,14-17,19-21H2,1-3H3. The Hall–Kier alpha value is -3.75. The molecule has 0 amide bonds. The summed E-state index contributed by atoms with van der Waals surface area (Å²) in [7, 11) is 1.40. The lowest BCUT2D eigenvalue weighted by atomic mass is 9.74. The molecular weight excluding hydrogens is 526 g/mol. The van der Waals surface area contributed by atoms with Crippen LogP contribution in [0.4, 0.5) is 8.78 Å². The molecule has 0 unspecified atom stereocenters. The van der Waals surface area contributed by atoms with E-state index in [0.29, 0.717) is 50.6 Å². The average molecular weight is 561 g/mol. The summed E-state index contributed by atoms with van der Waals surface area (Å²) >= 11 is 0. The molecule has 0 saturated carbocycles. The molecule has 1 saturated heterocycles. The number of benzene rings is 3. The lowest BCUT2D eigenvalue weighted by Crippen LogP contribution is -2.51. The molecule has 214 valence electrons. The first-order valence-corrected chi connectivity index (χ1v) is 14.0. The van der Waals surface area contributed by atoms with Gasteiger partial charge in [0.25, 0.3) is 0 Å². The minimum absolute atomic E-state index is 0.229. The van der Waals surface area contributed by atoms with Crippen molar-refractivity contribution in [3.05, 3.63) is 95.2 Å². The maximum atomic E-state index is 14.6. The van der Waals surface area contributed by atoms with Crippen LogP contribution in [0.3, 0.4) is 0 Å². The van der Waals surface area contributed by atoms with Crippen molar-refractivity contribution in [2.75, 3.05) is 33.4 Å². The molecule has 0 aliphatic carbocycles. The second kappa shape index (κ2) is 10.6. The van der Waals surface area contributed by atoms with Crippen molar-refractivity contribution in [3.8, 4) is 11.4 Å². The number of hydrogen-bond acceptors (Lipinski definition) is 5. The maximum absolute atomic E-state index is 14.6. The number of piperidine rings is 1. The Morgan fingerprint density at radius 3 is 2.44 bits per heavy atom. The number of ether oxygens (including phenoxy) is 3. The summed E-state index contributed by atoms with van der Waals surface area (Å²) in [6, 6.07) is 19.9. The molecule has 3 aromatic carbocycles. The SMILES string of the molecule is COC(=O)CN1CCC2(CC1)OCC(C)(C)c1c2c2c(OCc3ccccc3)cccc2n1-c1ccc(F)c(F)c1. The molecule has 1 spiro atoms. The van der Waals surface area contributed by atoms with E-state index in [0.717, 1.165) is 27.7 Å². The third kappa shape index (κ3) is 4.89. The second-order valence-electron chi connectivity index (χ2n) is 11.6. The summed E-state index contributed by atoms with van der Waals surface area (Å²) in [6.45, 7) is 6.61. The zero-order valence-corrected chi connectivity index (χ0v) is 23.6. The Labute approximate surface area is 238 Å². The zero-order chi connectivity index (χ0) is 28.8. The van der Waals surface area contributed by atoms with E-state index in [1.165, 1.54) is 19.2 Å². The van der Waals surface area contributed by atoms with Gasteiger partial charge in [0, 0.05) is 46.9 Å². The number of halogens is 2. The number of rotatable bonds is 6. The van der Waals surface area contributed by atoms with E-state index in [2.05, 4.69) is 18.7 Å². The summed E-state index contributed by atoms with van der Waals surface area (Å²) < 4.78 is 48.9. The fourth-order valence-electron chi connectivity index (χ4n) is 6.31. The molecule has 2 aliphatic heterocycles. The van der Waals surface area contributed by atoms with Crippen LogP contribution < -0.4 is 4.74 Å². The Kier molecular flexibility index (Phi) is 7.08. The fourth-order valence-corrected chi connectivity index (χ4v) is 6.31. The number of esters is 1. The molecule has 0 N–H and O–H groups in total. The third-order valence-electron chi connectivity index (χ3n) is 8.40. The van der Waals surface area contributed by atoms with Crippen LogP contribution in [0.25, 0.3) is 16.6 Å². The molecule has 6 nitrogen and oxygen atoms in total. The molecule has 0 atom stereocenters. The van der Waals surface area contributed by atoms with Crippen molar-refractivity contribution in [2.45, 2.75) is 44.3 Å². The van der Waals surface area contributed by atoms with E-state index in [1.54, 1.807) is 6.07 Å². The molecule has 3 heterocycles. The Balaban J connectivity index is 1.55. The van der Waals surface area contributed by atoms with Crippen LogP contribution in [0.1, 0.15) is 43.5 Å². The largest absolute Gasteiger partial charge is 0.488 e. The number of fused-ring (bicyclic) bond motifs is 4. The van der Waals surface area contributed by atoms with E-state index in [4.69, 9.17) is 14.2 Å². The van der Waals surface area contributed by atoms with Crippen LogP contribution in [0.2, 0.25) is 0 Å². The van der Waals surface area contributed by atoms with Gasteiger partial charge in [-0.15, -0.1) is 0 Å². The highest BCUT2D eigenvalue weighted by atomic mass is 19.2. The third-order valence-corrected chi connectivity index (χ3v) is 8.40. The number of hydrogen-bond donors (Lipinski definition) is 0. The van der Waals surface area contributed by atoms with Crippen molar-refractivity contribution in [2.24, 2.45) is 0 Å². The van der Waals surface area contributed by atoms with Gasteiger partial charge in [-0.1, -0.05) is 50.2 Å². The number of nitrogens with zero attached hydrogens (tertiary/aromatic N) is 2. The highest BCUT2D eigenvalue weighted by molar-refractivity contribution is 5.94. The molecule has 0 radical (unpaired) electrons. The summed E-state index contributed by atoms with van der Waals surface area (Å²) in [5, 5.41) is 0.914. The predicted molar refractivity (Wildman–Crippen MR) is 152 cm³/mol. The van der Waals surface area contributed by atoms with Crippen molar-refractivity contribution in [1.82, 2.24) is 9.47 Å². The average Bonchev–Trinajstić information content (AvgIpc) is 3.35. The lowest BCUT2D eigenvalue weighted by Gasteiger charge is -2.48. The predicted octanol–water partition coefficient (Wildman–Crippen LogP) is 6.26. The first-order valence-electron chi connectivity index (χ1n) is 14.0. The number of likely N-dealkylation sites (tertiary alicyclic amines) is 1. The highest BCUT2D eigenvalue weighted by Crippen LogP contribution is 2.53. The first kappa shape index (κ1) is 27.4. The van der Waals surface area contributed by atoms with Gasteiger partial charge in [-0.3, -0.25) is 9.69 Å². The smallest absolute Gasteiger partial charge is 0.319 e. The van der Waals surface area contributed by atoms with Crippen LogP contribution in [-0.4, -0.2) is 48.8 Å². The Morgan fingerprint density at radius 2 is 1.73 bits per heavy atom. The molecule has 1 aromatic heterocycles. The molecule has 2 aliphatic rings. The van der Waals surface area contributed by atoms with Gasteiger partial charge in [0.05, 0.1) is 31.4 Å². The van der Waals surface area contributed by atoms with E-state index in [9.17, 15) is 13.6 Å². The second-order valence-corrected chi connectivity index (χ2v) is 11.6. The van der Waals surface area contributed by atoms with Crippen molar-refractivity contribution in [1.29, 1.82) is 0 Å². The van der Waals surface area contributed by atoms with Crippen LogP contribution >= 0.6 is 0 Å². The van der Waals surface area contributed by atoms with Gasteiger partial charge >= 0.3 is 5.97 Å². The zero-order valence-electron chi connectivity index (χ0n) is 23.6. The monoisotopic (exact) mass is 560 g/mol. The molecule has 6 rings (SSSR count). The highest BCUT2D eigenvalue weighted by Gasteiger charge is 2.50. The summed E-state index contributed by atoms with van der Waals surface area (Å²) in [5.41, 5.74) is 3.39. The first-order chi connectivity index (χ1) is 19.7. The van der Waals surface area contributed by atoms with E-state index in [1.807, 2.05) is 53.1 Å². The summed E-state index contributed by atoms with van der Waals surface area (Å²) in [5.74, 6) is -1.34. The number of carbonyl (C=O) groups excluding carboxylic acids is 1. The fraction of sp³-hybridized carbons (Fsp3) is 0.364. The van der Waals surface area contributed by atoms with Gasteiger partial charge in [0.15, 0.2) is 11.6 Å². The number of aromatic nitrogens is 1. The normalized spacial score (nSPS) is 17.9. The number of carbonyl (C=O) groups is 1. The van der Waals surface area contributed by atoms with Crippen LogP contribution in [0, 0.1) is 11.6 Å². The van der Waals surface area contributed by atoms with Crippen LogP contribution in [0.5, 0.6) is 5.75 Å². The quantitative estimate of drug-likeness (QED) is 0.261. The summed E-state index contributed by atoms with van der Waals surface area (Å²) in [6.07, 6.45) is 1.33. The van der Waals surface area contributed by atoms with Gasteiger partial charge in [0.2, 0.25) is 0 Å². The minimum atomic E-state index is -0.898. The molecule has 8 heteroatoms. The van der Waals surface area contributed by atoms with Gasteiger partial charge in [-0.05, 0) is 42.7 Å². The maximum Gasteiger partial charge on any atom is 0.319 e. The van der Waals surface area contributed by atoms with Gasteiger partial charge in [0.1, 0.15) is 12.4 Å². The molecule has 1 fully saturated rings. The topological polar surface area (TPSA) is 52.9 Å². The Morgan fingerprint density at radius 1 is 0.976 bits per heavy atom. The van der Waals surface area contributed by atoms with Crippen molar-refractivity contribution in [3.63, 3.8) is 0 Å². The lowest BCUT2D eigenvalue weighted by molar-refractivity contribution is -0.146. The van der Waals surface area contributed by atoms with Gasteiger partial charge in [-0.25, -0.2) is 8.78 Å². The summed E-state index contributed by atoms with van der Waals surface area (Å²) in [4.78, 5) is 14.1. The van der Waals surface area contributed by atoms with Gasteiger partial charge < -0.3 is 18.8 Å². The van der Waals surface area contributed by atoms with Crippen molar-refractivity contribution >= 4 is 16.9 Å². The van der Waals surface area contributed by atoms with E-state index >= 15 is 0 Å². The van der Waals surface area contributed by atoms with Crippen LogP contribution in [0.15, 0.2) is 66.7 Å².